The second-order valence-electron chi connectivity index (χ2n) is 4.26. The van der Waals surface area contributed by atoms with Gasteiger partial charge in [0, 0.05) is 13.2 Å². The van der Waals surface area contributed by atoms with Crippen LogP contribution in [0.25, 0.3) is 0 Å². The lowest BCUT2D eigenvalue weighted by Gasteiger charge is -2.22. The van der Waals surface area contributed by atoms with Crippen LogP contribution in [0, 0.1) is 0 Å². The zero-order valence-electron chi connectivity index (χ0n) is 10.1. The molecule has 0 aliphatic heterocycles. The highest BCUT2D eigenvalue weighted by Crippen LogP contribution is 2.07. The maximum absolute atomic E-state index is 5.88. The Morgan fingerprint density at radius 2 is 1.36 bits per heavy atom. The maximum atomic E-state index is 5.88. The van der Waals surface area contributed by atoms with E-state index >= 15 is 0 Å². The molecule has 0 rings (SSSR count). The van der Waals surface area contributed by atoms with Crippen molar-refractivity contribution in [3.05, 3.63) is 0 Å². The summed E-state index contributed by atoms with van der Waals surface area (Å²) in [5.74, 6) is 0. The minimum atomic E-state index is -1.83. The normalized spacial score (nSPS) is 11.8. The van der Waals surface area contributed by atoms with Gasteiger partial charge in [0.05, 0.1) is 0 Å². The van der Waals surface area contributed by atoms with Gasteiger partial charge >= 0.3 is 15.1 Å². The van der Waals surface area contributed by atoms with Gasteiger partial charge in [-0.3, -0.25) is 0 Å². The first-order chi connectivity index (χ1) is 6.49. The molecule has 0 aromatic carbocycles. The van der Waals surface area contributed by atoms with E-state index in [0.717, 1.165) is 26.1 Å². The molecule has 14 heavy (non-hydrogen) atoms. The summed E-state index contributed by atoms with van der Waals surface area (Å²) in [7, 11) is -1.51. The van der Waals surface area contributed by atoms with Crippen LogP contribution in [0.3, 0.4) is 0 Å². The Labute approximate surface area is 94.3 Å². The van der Waals surface area contributed by atoms with Gasteiger partial charge in [-0.15, -0.1) is 0 Å². The van der Waals surface area contributed by atoms with E-state index in [1.54, 1.807) is 0 Å². The third kappa shape index (κ3) is 9.19. The molecular formula is C9H23AlO3Si. The van der Waals surface area contributed by atoms with Crippen molar-refractivity contribution in [3.8, 4) is 0 Å². The van der Waals surface area contributed by atoms with Crippen molar-refractivity contribution < 1.29 is 11.1 Å². The van der Waals surface area contributed by atoms with Crippen molar-refractivity contribution in [3.63, 3.8) is 0 Å². The number of hydrogen-bond acceptors (Lipinski definition) is 3. The molecule has 0 bridgehead atoms. The Morgan fingerprint density at radius 3 is 1.64 bits per heavy atom. The van der Waals surface area contributed by atoms with Gasteiger partial charge in [0.25, 0.3) is 0 Å². The fraction of sp³-hybridized carbons (Fsp3) is 1.00. The van der Waals surface area contributed by atoms with E-state index < -0.39 is 23.5 Å². The van der Waals surface area contributed by atoms with E-state index in [-0.39, 0.29) is 0 Å². The highest BCUT2D eigenvalue weighted by Gasteiger charge is 2.35. The zero-order chi connectivity index (χ0) is 11.0. The van der Waals surface area contributed by atoms with Crippen LogP contribution >= 0.6 is 0 Å². The molecular weight excluding hydrogens is 211 g/mol. The Morgan fingerprint density at radius 1 is 0.929 bits per heavy atom. The van der Waals surface area contributed by atoms with Crippen LogP contribution in [-0.2, 0) is 11.1 Å². The van der Waals surface area contributed by atoms with E-state index in [1.165, 1.54) is 0 Å². The lowest BCUT2D eigenvalue weighted by Crippen LogP contribution is -2.39. The average molecular weight is 234 g/mol. The minimum Gasteiger partial charge on any atom is -0.499 e. The Bertz CT molecular complexity index is 131. The number of rotatable bonds is 8. The fourth-order valence-corrected chi connectivity index (χ4v) is 4.64. The first-order valence-corrected chi connectivity index (χ1v) is 10.2. The van der Waals surface area contributed by atoms with Crippen LogP contribution in [-0.4, -0.2) is 36.7 Å². The van der Waals surface area contributed by atoms with Gasteiger partial charge in [-0.05, 0) is 32.5 Å². The molecule has 0 fully saturated rings. The summed E-state index contributed by atoms with van der Waals surface area (Å²) < 4.78 is 17.1. The van der Waals surface area contributed by atoms with Crippen LogP contribution < -0.4 is 0 Å². The Hall–Kier alpha value is 0.629. The molecule has 0 aliphatic rings. The molecule has 0 unspecified atom stereocenters. The van der Waals surface area contributed by atoms with Gasteiger partial charge in [-0.2, -0.15) is 0 Å². The molecule has 84 valence electrons. The highest BCUT2D eigenvalue weighted by atomic mass is 28.4. The van der Waals surface area contributed by atoms with Gasteiger partial charge in [-0.25, -0.2) is 0 Å². The zero-order valence-corrected chi connectivity index (χ0v) is 12.3. The second kappa shape index (κ2) is 7.86. The molecule has 0 radical (unpaired) electrons. The summed E-state index contributed by atoms with van der Waals surface area (Å²) in [6, 6.07) is 0. The van der Waals surface area contributed by atoms with E-state index in [9.17, 15) is 0 Å². The lowest BCUT2D eigenvalue weighted by atomic mass is 10.5. The predicted octanol–water partition coefficient (Wildman–Crippen LogP) is 2.68. The molecule has 0 spiro atoms. The summed E-state index contributed by atoms with van der Waals surface area (Å²) in [5.41, 5.74) is 0. The van der Waals surface area contributed by atoms with Gasteiger partial charge in [0.2, 0.25) is 0 Å². The second-order valence-corrected chi connectivity index (χ2v) is 10.7. The monoisotopic (exact) mass is 234 g/mol. The van der Waals surface area contributed by atoms with Gasteiger partial charge in [0.15, 0.2) is 8.32 Å². The third-order valence-electron chi connectivity index (χ3n) is 1.37. The SMILES string of the molecule is CCC[O][Al]([O]CCC)[O][Si](C)(C)C. The van der Waals surface area contributed by atoms with Crippen molar-refractivity contribution in [2.45, 2.75) is 46.3 Å². The van der Waals surface area contributed by atoms with E-state index in [4.69, 9.17) is 11.1 Å². The fourth-order valence-electron chi connectivity index (χ4n) is 0.833. The molecule has 0 aromatic heterocycles. The highest BCUT2D eigenvalue weighted by molar-refractivity contribution is 6.74. The molecule has 5 heteroatoms. The van der Waals surface area contributed by atoms with Crippen LogP contribution in [0.15, 0.2) is 0 Å². The minimum absolute atomic E-state index is 0.755. The predicted molar refractivity (Wildman–Crippen MR) is 62.7 cm³/mol. The van der Waals surface area contributed by atoms with Crippen molar-refractivity contribution >= 4 is 23.5 Å². The van der Waals surface area contributed by atoms with Crippen molar-refractivity contribution in [1.82, 2.24) is 0 Å². The quantitative estimate of drug-likeness (QED) is 0.604. The molecule has 0 aliphatic carbocycles. The van der Waals surface area contributed by atoms with Crippen LogP contribution in [0.4, 0.5) is 0 Å². The lowest BCUT2D eigenvalue weighted by molar-refractivity contribution is 0.138. The average Bonchev–Trinajstić information content (AvgIpc) is 2.07. The summed E-state index contributed by atoms with van der Waals surface area (Å²) in [5, 5.41) is 0. The Balaban J connectivity index is 3.84. The molecule has 0 saturated heterocycles. The topological polar surface area (TPSA) is 27.7 Å². The summed E-state index contributed by atoms with van der Waals surface area (Å²) in [6.07, 6.45) is 2.04. The van der Waals surface area contributed by atoms with Crippen LogP contribution in [0.1, 0.15) is 26.7 Å². The molecule has 3 nitrogen and oxygen atoms in total. The van der Waals surface area contributed by atoms with Crippen molar-refractivity contribution in [1.29, 1.82) is 0 Å². The molecule has 0 amide bonds. The summed E-state index contributed by atoms with van der Waals surface area (Å²) >= 11 is -1.83. The van der Waals surface area contributed by atoms with Crippen LogP contribution in [0.2, 0.25) is 19.6 Å². The molecule has 0 N–H and O–H groups in total. The maximum Gasteiger partial charge on any atom is 0.894 e. The van der Waals surface area contributed by atoms with Crippen LogP contribution in [0.5, 0.6) is 0 Å². The number of hydrogen-bond donors (Lipinski definition) is 0. The van der Waals surface area contributed by atoms with Gasteiger partial charge in [0.1, 0.15) is 0 Å². The molecule has 0 saturated carbocycles. The first kappa shape index (κ1) is 14.6. The van der Waals surface area contributed by atoms with Gasteiger partial charge in [-0.1, -0.05) is 13.8 Å². The van der Waals surface area contributed by atoms with Crippen molar-refractivity contribution in [2.75, 3.05) is 13.2 Å². The van der Waals surface area contributed by atoms with Crippen molar-refractivity contribution in [2.24, 2.45) is 0 Å². The molecule has 0 aromatic rings. The smallest absolute Gasteiger partial charge is 0.499 e. The first-order valence-electron chi connectivity index (χ1n) is 5.40. The van der Waals surface area contributed by atoms with E-state index in [1.807, 2.05) is 0 Å². The summed E-state index contributed by atoms with van der Waals surface area (Å²) in [4.78, 5) is 0. The third-order valence-corrected chi connectivity index (χ3v) is 5.98. The Kier molecular flexibility index (Phi) is 8.21. The summed E-state index contributed by atoms with van der Waals surface area (Å²) in [6.45, 7) is 12.2. The largest absolute Gasteiger partial charge is 0.894 e. The molecule has 0 heterocycles. The van der Waals surface area contributed by atoms with Gasteiger partial charge < -0.3 is 11.1 Å². The van der Waals surface area contributed by atoms with E-state index in [2.05, 4.69) is 33.5 Å². The molecule has 0 atom stereocenters. The van der Waals surface area contributed by atoms with E-state index in [0.29, 0.717) is 0 Å². The standard InChI is InChI=1S/C3H9OSi.2C3H7O.Al/c1-5(2,3)4;2*1-2-3-4;/h1-3H3;2*2-3H2,1H3;/q3*-1;+3.